The summed E-state index contributed by atoms with van der Waals surface area (Å²) in [6.45, 7) is 8.84. The van der Waals surface area contributed by atoms with E-state index < -0.39 is 0 Å². The third-order valence-electron chi connectivity index (χ3n) is 4.85. The summed E-state index contributed by atoms with van der Waals surface area (Å²) in [7, 11) is 0. The lowest BCUT2D eigenvalue weighted by molar-refractivity contribution is 0.462. The molecule has 0 amide bonds. The number of phenolic OH excluding ortho intramolecular Hbond substituents is 2. The Balaban J connectivity index is 1.94. The van der Waals surface area contributed by atoms with E-state index in [-0.39, 0.29) is 11.5 Å². The predicted octanol–water partition coefficient (Wildman–Crippen LogP) is 5.51. The van der Waals surface area contributed by atoms with E-state index in [4.69, 9.17) is 0 Å². The van der Waals surface area contributed by atoms with Gasteiger partial charge in [-0.15, -0.1) is 13.2 Å². The molecule has 3 aromatic rings. The van der Waals surface area contributed by atoms with Crippen LogP contribution in [-0.4, -0.2) is 10.2 Å². The van der Waals surface area contributed by atoms with Crippen LogP contribution in [0.4, 0.5) is 0 Å². The van der Waals surface area contributed by atoms with Crippen LogP contribution in [0.2, 0.25) is 0 Å². The lowest BCUT2D eigenvalue weighted by Crippen LogP contribution is -2.13. The summed E-state index contributed by atoms with van der Waals surface area (Å²) in [4.78, 5) is 0. The standard InChI is InChI=1S/C26H27NO2/c1-3-8-19-12-13-25(28)23(15-19)24-16-21(9-4-2)14-22(26(24)29)18-27-17-20-10-6-5-7-11-20/h3-7,10-16,27-29H,1-2,8-9,17-18H2. The molecule has 3 aromatic carbocycles. The number of allylic oxidation sites excluding steroid dienone is 2. The van der Waals surface area contributed by atoms with E-state index >= 15 is 0 Å². The molecule has 0 aliphatic heterocycles. The first-order chi connectivity index (χ1) is 14.1. The normalized spacial score (nSPS) is 10.6. The molecule has 0 aliphatic rings. The Morgan fingerprint density at radius 2 is 1.41 bits per heavy atom. The van der Waals surface area contributed by atoms with Crippen LogP contribution in [0.15, 0.2) is 86.0 Å². The second-order valence-corrected chi connectivity index (χ2v) is 7.08. The molecular weight excluding hydrogens is 358 g/mol. The molecule has 3 N–H and O–H groups in total. The van der Waals surface area contributed by atoms with Crippen molar-refractivity contribution < 1.29 is 10.2 Å². The van der Waals surface area contributed by atoms with E-state index in [0.29, 0.717) is 37.1 Å². The molecule has 0 fully saturated rings. The molecule has 3 nitrogen and oxygen atoms in total. The fourth-order valence-electron chi connectivity index (χ4n) is 3.42. The van der Waals surface area contributed by atoms with Crippen LogP contribution in [0.5, 0.6) is 11.5 Å². The molecule has 3 heteroatoms. The molecular formula is C26H27NO2. The molecule has 0 saturated carbocycles. The molecule has 0 atom stereocenters. The van der Waals surface area contributed by atoms with Crippen molar-refractivity contribution in [2.24, 2.45) is 0 Å². The highest BCUT2D eigenvalue weighted by molar-refractivity contribution is 5.78. The summed E-state index contributed by atoms with van der Waals surface area (Å²) >= 11 is 0. The zero-order valence-corrected chi connectivity index (χ0v) is 16.6. The fourth-order valence-corrected chi connectivity index (χ4v) is 3.42. The third-order valence-corrected chi connectivity index (χ3v) is 4.85. The van der Waals surface area contributed by atoms with Crippen molar-refractivity contribution in [3.63, 3.8) is 0 Å². The average Bonchev–Trinajstić information content (AvgIpc) is 2.73. The molecule has 0 unspecified atom stereocenters. The Bertz CT molecular complexity index is 993. The van der Waals surface area contributed by atoms with Gasteiger partial charge in [-0.25, -0.2) is 0 Å². The van der Waals surface area contributed by atoms with Crippen LogP contribution in [0.1, 0.15) is 22.3 Å². The maximum absolute atomic E-state index is 11.0. The van der Waals surface area contributed by atoms with Gasteiger partial charge in [-0.2, -0.15) is 0 Å². The van der Waals surface area contributed by atoms with Gasteiger partial charge < -0.3 is 15.5 Å². The Morgan fingerprint density at radius 1 is 0.724 bits per heavy atom. The highest BCUT2D eigenvalue weighted by atomic mass is 16.3. The van der Waals surface area contributed by atoms with Crippen molar-refractivity contribution in [2.45, 2.75) is 25.9 Å². The van der Waals surface area contributed by atoms with Crippen molar-refractivity contribution in [1.29, 1.82) is 0 Å². The van der Waals surface area contributed by atoms with Crippen LogP contribution in [-0.2, 0) is 25.9 Å². The van der Waals surface area contributed by atoms with Crippen molar-refractivity contribution in [2.75, 3.05) is 0 Å². The molecule has 3 rings (SSSR count). The summed E-state index contributed by atoms with van der Waals surface area (Å²) < 4.78 is 0. The van der Waals surface area contributed by atoms with E-state index in [0.717, 1.165) is 16.7 Å². The zero-order valence-electron chi connectivity index (χ0n) is 16.6. The van der Waals surface area contributed by atoms with E-state index in [2.05, 4.69) is 30.6 Å². The average molecular weight is 386 g/mol. The molecule has 0 aromatic heterocycles. The Hall–Kier alpha value is -3.30. The van der Waals surface area contributed by atoms with Gasteiger partial charge in [0.15, 0.2) is 0 Å². The molecule has 0 saturated heterocycles. The van der Waals surface area contributed by atoms with Crippen LogP contribution >= 0.6 is 0 Å². The SMILES string of the molecule is C=CCc1ccc(O)c(-c2cc(CC=C)cc(CNCc3ccccc3)c2O)c1. The smallest absolute Gasteiger partial charge is 0.128 e. The maximum atomic E-state index is 11.0. The molecule has 0 bridgehead atoms. The molecule has 0 spiro atoms. The maximum Gasteiger partial charge on any atom is 0.128 e. The van der Waals surface area contributed by atoms with Crippen molar-refractivity contribution >= 4 is 0 Å². The quantitative estimate of drug-likeness (QED) is 0.426. The molecule has 0 heterocycles. The highest BCUT2D eigenvalue weighted by Crippen LogP contribution is 2.39. The molecule has 0 radical (unpaired) electrons. The summed E-state index contributed by atoms with van der Waals surface area (Å²) in [5, 5.41) is 24.8. The number of rotatable bonds is 9. The number of nitrogens with one attached hydrogen (secondary N) is 1. The van der Waals surface area contributed by atoms with Crippen LogP contribution in [0, 0.1) is 0 Å². The zero-order chi connectivity index (χ0) is 20.6. The number of phenols is 2. The minimum Gasteiger partial charge on any atom is -0.507 e. The van der Waals surface area contributed by atoms with Crippen LogP contribution in [0.25, 0.3) is 11.1 Å². The van der Waals surface area contributed by atoms with E-state index in [1.165, 1.54) is 5.56 Å². The van der Waals surface area contributed by atoms with Gasteiger partial charge in [-0.3, -0.25) is 0 Å². The lowest BCUT2D eigenvalue weighted by atomic mass is 9.94. The summed E-state index contributed by atoms with van der Waals surface area (Å²) in [5.41, 5.74) is 5.30. The van der Waals surface area contributed by atoms with Gasteiger partial charge in [0.2, 0.25) is 0 Å². The van der Waals surface area contributed by atoms with Gasteiger partial charge in [0.1, 0.15) is 11.5 Å². The van der Waals surface area contributed by atoms with Crippen molar-refractivity contribution in [3.8, 4) is 22.6 Å². The van der Waals surface area contributed by atoms with Gasteiger partial charge >= 0.3 is 0 Å². The van der Waals surface area contributed by atoms with E-state index in [9.17, 15) is 10.2 Å². The van der Waals surface area contributed by atoms with Crippen LogP contribution in [0.3, 0.4) is 0 Å². The molecule has 0 aliphatic carbocycles. The number of hydrogen-bond donors (Lipinski definition) is 3. The summed E-state index contributed by atoms with van der Waals surface area (Å²) in [5.74, 6) is 0.330. The fraction of sp³-hybridized carbons (Fsp3) is 0.154. The highest BCUT2D eigenvalue weighted by Gasteiger charge is 2.15. The summed E-state index contributed by atoms with van der Waals surface area (Å²) in [6, 6.07) is 19.5. The minimum absolute atomic E-state index is 0.145. The molecule has 148 valence electrons. The number of aromatic hydroxyl groups is 2. The van der Waals surface area contributed by atoms with Gasteiger partial charge in [0.05, 0.1) is 0 Å². The summed E-state index contributed by atoms with van der Waals surface area (Å²) in [6.07, 6.45) is 5.05. The third kappa shape index (κ3) is 5.15. The van der Waals surface area contributed by atoms with Crippen LogP contribution < -0.4 is 5.32 Å². The van der Waals surface area contributed by atoms with Gasteiger partial charge in [0, 0.05) is 29.8 Å². The lowest BCUT2D eigenvalue weighted by Gasteiger charge is -2.15. The van der Waals surface area contributed by atoms with Crippen molar-refractivity contribution in [3.05, 3.63) is 108 Å². The topological polar surface area (TPSA) is 52.5 Å². The minimum atomic E-state index is 0.145. The Kier molecular flexibility index (Phi) is 6.88. The van der Waals surface area contributed by atoms with E-state index in [1.807, 2.05) is 54.6 Å². The Morgan fingerprint density at radius 3 is 2.14 bits per heavy atom. The predicted molar refractivity (Wildman–Crippen MR) is 120 cm³/mol. The first kappa shape index (κ1) is 20.4. The second-order valence-electron chi connectivity index (χ2n) is 7.08. The van der Waals surface area contributed by atoms with Crippen molar-refractivity contribution in [1.82, 2.24) is 5.32 Å². The van der Waals surface area contributed by atoms with Gasteiger partial charge in [0.25, 0.3) is 0 Å². The molecule has 29 heavy (non-hydrogen) atoms. The van der Waals surface area contributed by atoms with Gasteiger partial charge in [-0.1, -0.05) is 54.6 Å². The van der Waals surface area contributed by atoms with Gasteiger partial charge in [-0.05, 0) is 47.7 Å². The second kappa shape index (κ2) is 9.76. The first-order valence-electron chi connectivity index (χ1n) is 9.75. The number of hydrogen-bond acceptors (Lipinski definition) is 3. The van der Waals surface area contributed by atoms with E-state index in [1.54, 1.807) is 6.07 Å². The first-order valence-corrected chi connectivity index (χ1v) is 9.75. The monoisotopic (exact) mass is 385 g/mol. The largest absolute Gasteiger partial charge is 0.507 e. The Labute approximate surface area is 172 Å². The number of benzene rings is 3.